The van der Waals surface area contributed by atoms with Gasteiger partial charge in [-0.1, -0.05) is 0 Å². The Kier molecular flexibility index (Phi) is 3.10. The fourth-order valence-electron chi connectivity index (χ4n) is 2.12. The van der Waals surface area contributed by atoms with Crippen molar-refractivity contribution in [2.24, 2.45) is 0 Å². The van der Waals surface area contributed by atoms with Gasteiger partial charge in [0, 0.05) is 5.56 Å². The highest BCUT2D eigenvalue weighted by molar-refractivity contribution is 7.71. The zero-order valence-electron chi connectivity index (χ0n) is 10.2. The van der Waals surface area contributed by atoms with Gasteiger partial charge in [-0.25, -0.2) is 13.2 Å². The summed E-state index contributed by atoms with van der Waals surface area (Å²) in [7, 11) is 0. The Bertz CT molecular complexity index is 851. The van der Waals surface area contributed by atoms with E-state index in [1.54, 1.807) is 6.07 Å². The summed E-state index contributed by atoms with van der Waals surface area (Å²) in [4.78, 5) is 2.90. The maximum absolute atomic E-state index is 13.7. The molecule has 0 bridgehead atoms. The van der Waals surface area contributed by atoms with Crippen LogP contribution in [-0.4, -0.2) is 9.55 Å². The average molecular weight is 294 g/mol. The molecule has 0 aliphatic rings. The maximum atomic E-state index is 13.7. The monoisotopic (exact) mass is 294 g/mol. The lowest BCUT2D eigenvalue weighted by atomic mass is 10.2. The molecule has 0 spiro atoms. The second-order valence-corrected chi connectivity index (χ2v) is 4.80. The fraction of sp³-hybridized carbons (Fsp3) is 0.0714. The van der Waals surface area contributed by atoms with Gasteiger partial charge in [0.25, 0.3) is 0 Å². The quantitative estimate of drug-likeness (QED) is 0.704. The highest BCUT2D eigenvalue weighted by atomic mass is 32.1. The van der Waals surface area contributed by atoms with Crippen LogP contribution < -0.4 is 0 Å². The van der Waals surface area contributed by atoms with Crippen LogP contribution in [0.1, 0.15) is 5.56 Å². The lowest BCUT2D eigenvalue weighted by Gasteiger charge is -2.06. The number of aromatic nitrogens is 2. The summed E-state index contributed by atoms with van der Waals surface area (Å²) in [5.74, 6) is -1.47. The van der Waals surface area contributed by atoms with Gasteiger partial charge >= 0.3 is 0 Å². The third-order valence-corrected chi connectivity index (χ3v) is 3.40. The number of imidazole rings is 1. The first-order valence-electron chi connectivity index (χ1n) is 5.86. The molecule has 102 valence electrons. The standard InChI is InChI=1S/C14H9F3N2S/c15-9-1-3-11(17)8(5-9)7-19-13-6-10(16)2-4-12(13)18-14(19)20/h1-6H,7H2,(H,18,20). The first kappa shape index (κ1) is 12.9. The second kappa shape index (κ2) is 4.79. The number of halogens is 3. The SMILES string of the molecule is Fc1ccc(F)c(Cn2c(=S)[nH]c3ccc(F)cc32)c1. The summed E-state index contributed by atoms with van der Waals surface area (Å²) in [5.41, 5.74) is 1.32. The van der Waals surface area contributed by atoms with Crippen LogP contribution in [0.5, 0.6) is 0 Å². The number of H-pyrrole nitrogens is 1. The molecule has 6 heteroatoms. The highest BCUT2D eigenvalue weighted by Gasteiger charge is 2.10. The first-order valence-corrected chi connectivity index (χ1v) is 6.27. The van der Waals surface area contributed by atoms with Crippen LogP contribution in [0.4, 0.5) is 13.2 Å². The topological polar surface area (TPSA) is 20.7 Å². The van der Waals surface area contributed by atoms with E-state index in [4.69, 9.17) is 12.2 Å². The van der Waals surface area contributed by atoms with E-state index in [0.29, 0.717) is 15.8 Å². The van der Waals surface area contributed by atoms with Gasteiger partial charge in [-0.15, -0.1) is 0 Å². The van der Waals surface area contributed by atoms with Crippen LogP contribution in [0, 0.1) is 22.2 Å². The van der Waals surface area contributed by atoms with E-state index in [2.05, 4.69) is 4.98 Å². The molecular formula is C14H9F3N2S. The molecule has 3 aromatic rings. The first-order chi connectivity index (χ1) is 9.54. The van der Waals surface area contributed by atoms with Gasteiger partial charge in [-0.2, -0.15) is 0 Å². The van der Waals surface area contributed by atoms with E-state index in [1.165, 1.54) is 16.7 Å². The molecule has 20 heavy (non-hydrogen) atoms. The predicted octanol–water partition coefficient (Wildman–Crippen LogP) is 4.16. The highest BCUT2D eigenvalue weighted by Crippen LogP contribution is 2.19. The molecule has 0 fully saturated rings. The largest absolute Gasteiger partial charge is 0.331 e. The average Bonchev–Trinajstić information content (AvgIpc) is 2.70. The Labute approximate surface area is 117 Å². The van der Waals surface area contributed by atoms with E-state index in [9.17, 15) is 13.2 Å². The molecule has 1 heterocycles. The van der Waals surface area contributed by atoms with Crippen LogP contribution in [-0.2, 0) is 6.54 Å². The molecule has 0 aliphatic heterocycles. The van der Waals surface area contributed by atoms with Crippen molar-refractivity contribution in [3.8, 4) is 0 Å². The summed E-state index contributed by atoms with van der Waals surface area (Å²) in [5, 5.41) is 0. The van der Waals surface area contributed by atoms with Crippen molar-refractivity contribution in [1.82, 2.24) is 9.55 Å². The minimum absolute atomic E-state index is 0.0336. The Morgan fingerprint density at radius 2 is 1.70 bits per heavy atom. The number of aromatic amines is 1. The number of hydrogen-bond donors (Lipinski definition) is 1. The molecule has 1 N–H and O–H groups in total. The number of rotatable bonds is 2. The summed E-state index contributed by atoms with van der Waals surface area (Å²) in [6.07, 6.45) is 0. The zero-order valence-corrected chi connectivity index (χ0v) is 11.0. The number of hydrogen-bond acceptors (Lipinski definition) is 1. The normalized spacial score (nSPS) is 11.2. The molecular weight excluding hydrogens is 285 g/mol. The summed E-state index contributed by atoms with van der Waals surface area (Å²) >= 11 is 5.14. The number of fused-ring (bicyclic) bond motifs is 1. The molecule has 0 saturated heterocycles. The Morgan fingerprint density at radius 1 is 1.00 bits per heavy atom. The van der Waals surface area contributed by atoms with Crippen molar-refractivity contribution in [2.75, 3.05) is 0 Å². The lowest BCUT2D eigenvalue weighted by molar-refractivity contribution is 0.577. The zero-order chi connectivity index (χ0) is 14.3. The van der Waals surface area contributed by atoms with Crippen LogP contribution in [0.25, 0.3) is 11.0 Å². The number of benzene rings is 2. The van der Waals surface area contributed by atoms with E-state index in [1.807, 2.05) is 0 Å². The smallest absolute Gasteiger partial charge is 0.178 e. The molecule has 0 atom stereocenters. The molecule has 0 aliphatic carbocycles. The Morgan fingerprint density at radius 3 is 2.50 bits per heavy atom. The van der Waals surface area contributed by atoms with Gasteiger partial charge in [0.1, 0.15) is 17.5 Å². The van der Waals surface area contributed by atoms with Gasteiger partial charge in [0.05, 0.1) is 17.6 Å². The summed E-state index contributed by atoms with van der Waals surface area (Å²) in [6.45, 7) is 0.0336. The molecule has 1 aromatic heterocycles. The molecule has 0 unspecified atom stereocenters. The third-order valence-electron chi connectivity index (χ3n) is 3.07. The van der Waals surface area contributed by atoms with Gasteiger partial charge < -0.3 is 9.55 Å². The van der Waals surface area contributed by atoms with Gasteiger partial charge in [-0.3, -0.25) is 0 Å². The van der Waals surface area contributed by atoms with Crippen molar-refractivity contribution < 1.29 is 13.2 Å². The molecule has 3 rings (SSSR count). The van der Waals surface area contributed by atoms with Crippen molar-refractivity contribution in [1.29, 1.82) is 0 Å². The van der Waals surface area contributed by atoms with Crippen molar-refractivity contribution >= 4 is 23.3 Å². The van der Waals surface area contributed by atoms with E-state index < -0.39 is 17.5 Å². The molecule has 0 amide bonds. The summed E-state index contributed by atoms with van der Waals surface area (Å²) in [6, 6.07) is 7.38. The number of nitrogens with zero attached hydrogens (tertiary/aromatic N) is 1. The Hall–Kier alpha value is -2.08. The van der Waals surface area contributed by atoms with Crippen LogP contribution in [0.15, 0.2) is 36.4 Å². The van der Waals surface area contributed by atoms with E-state index >= 15 is 0 Å². The Balaban J connectivity index is 2.15. The van der Waals surface area contributed by atoms with Crippen LogP contribution in [0.3, 0.4) is 0 Å². The predicted molar refractivity (Wildman–Crippen MR) is 72.5 cm³/mol. The van der Waals surface area contributed by atoms with Gasteiger partial charge in [-0.05, 0) is 48.6 Å². The van der Waals surface area contributed by atoms with Crippen molar-refractivity contribution in [3.63, 3.8) is 0 Å². The maximum Gasteiger partial charge on any atom is 0.178 e. The van der Waals surface area contributed by atoms with E-state index in [-0.39, 0.29) is 12.1 Å². The molecule has 0 saturated carbocycles. The second-order valence-electron chi connectivity index (χ2n) is 4.41. The molecule has 0 radical (unpaired) electrons. The third kappa shape index (κ3) is 2.22. The van der Waals surface area contributed by atoms with Gasteiger partial charge in [0.2, 0.25) is 0 Å². The number of nitrogens with one attached hydrogen (secondary N) is 1. The minimum atomic E-state index is -0.529. The van der Waals surface area contributed by atoms with Crippen LogP contribution >= 0.6 is 12.2 Å². The summed E-state index contributed by atoms with van der Waals surface area (Å²) < 4.78 is 42.0. The fourth-order valence-corrected chi connectivity index (χ4v) is 2.39. The van der Waals surface area contributed by atoms with Gasteiger partial charge in [0.15, 0.2) is 4.77 Å². The minimum Gasteiger partial charge on any atom is -0.331 e. The van der Waals surface area contributed by atoms with Crippen molar-refractivity contribution in [2.45, 2.75) is 6.54 Å². The van der Waals surface area contributed by atoms with Crippen LogP contribution in [0.2, 0.25) is 0 Å². The van der Waals surface area contributed by atoms with Crippen molar-refractivity contribution in [3.05, 3.63) is 64.2 Å². The lowest BCUT2D eigenvalue weighted by Crippen LogP contribution is -2.02. The molecule has 2 nitrogen and oxygen atoms in total. The van der Waals surface area contributed by atoms with E-state index in [0.717, 1.165) is 18.2 Å². The molecule has 2 aromatic carbocycles.